The number of hydrogen-bond acceptors (Lipinski definition) is 3. The van der Waals surface area contributed by atoms with E-state index in [1.165, 1.54) is 5.56 Å². The largest absolute Gasteiger partial charge is 0.326 e. The van der Waals surface area contributed by atoms with Gasteiger partial charge in [0.1, 0.15) is 0 Å². The first kappa shape index (κ1) is 8.23. The number of nitrogens with zero attached hydrogens (tertiary/aromatic N) is 1. The third-order valence-corrected chi connectivity index (χ3v) is 3.03. The molecule has 1 aromatic rings. The molecular formula is C9H14N2S. The second kappa shape index (κ2) is 3.56. The molecule has 2 heterocycles. The summed E-state index contributed by atoms with van der Waals surface area (Å²) in [6.45, 7) is 3.31. The topological polar surface area (TPSA) is 29.3 Å². The van der Waals surface area contributed by atoms with Crippen LogP contribution in [-0.2, 0) is 6.54 Å². The van der Waals surface area contributed by atoms with Crippen molar-refractivity contribution in [2.75, 3.05) is 13.1 Å². The number of nitrogens with two attached hydrogens (primary N) is 1. The van der Waals surface area contributed by atoms with Gasteiger partial charge in [-0.3, -0.25) is 4.90 Å². The molecule has 1 atom stereocenters. The summed E-state index contributed by atoms with van der Waals surface area (Å²) in [5.74, 6) is 0. The van der Waals surface area contributed by atoms with Crippen molar-refractivity contribution in [1.82, 2.24) is 4.90 Å². The van der Waals surface area contributed by atoms with E-state index in [0.717, 1.165) is 26.1 Å². The maximum atomic E-state index is 5.82. The number of likely N-dealkylation sites (tertiary alicyclic amines) is 1. The van der Waals surface area contributed by atoms with E-state index in [2.05, 4.69) is 21.7 Å². The zero-order chi connectivity index (χ0) is 8.39. The molecule has 0 spiro atoms. The minimum atomic E-state index is 0.406. The first-order chi connectivity index (χ1) is 5.84. The van der Waals surface area contributed by atoms with E-state index in [-0.39, 0.29) is 0 Å². The number of hydrogen-bond donors (Lipinski definition) is 1. The SMILES string of the molecule is N[C@@H]1CCN(Cc2ccsc2)C1. The minimum absolute atomic E-state index is 0.406. The van der Waals surface area contributed by atoms with E-state index in [1.807, 2.05) is 0 Å². The van der Waals surface area contributed by atoms with Crippen molar-refractivity contribution >= 4 is 11.3 Å². The molecular weight excluding hydrogens is 168 g/mol. The Balaban J connectivity index is 1.88. The summed E-state index contributed by atoms with van der Waals surface area (Å²) >= 11 is 1.77. The third kappa shape index (κ3) is 1.86. The molecule has 12 heavy (non-hydrogen) atoms. The van der Waals surface area contributed by atoms with Crippen LogP contribution < -0.4 is 5.73 Å². The lowest BCUT2D eigenvalue weighted by Crippen LogP contribution is -2.26. The lowest BCUT2D eigenvalue weighted by atomic mass is 10.3. The fraction of sp³-hybridized carbons (Fsp3) is 0.556. The minimum Gasteiger partial charge on any atom is -0.326 e. The van der Waals surface area contributed by atoms with Crippen LogP contribution in [-0.4, -0.2) is 24.0 Å². The van der Waals surface area contributed by atoms with Crippen LogP contribution in [0.2, 0.25) is 0 Å². The fourth-order valence-electron chi connectivity index (χ4n) is 1.65. The van der Waals surface area contributed by atoms with Crippen LogP contribution in [0.3, 0.4) is 0 Å². The maximum absolute atomic E-state index is 5.82. The Hall–Kier alpha value is -0.380. The number of rotatable bonds is 2. The average Bonchev–Trinajstić information content (AvgIpc) is 2.63. The van der Waals surface area contributed by atoms with E-state index in [0.29, 0.717) is 6.04 Å². The van der Waals surface area contributed by atoms with E-state index in [9.17, 15) is 0 Å². The van der Waals surface area contributed by atoms with Crippen molar-refractivity contribution in [2.45, 2.75) is 19.0 Å². The van der Waals surface area contributed by atoms with Crippen LogP contribution in [0.4, 0.5) is 0 Å². The van der Waals surface area contributed by atoms with Gasteiger partial charge >= 0.3 is 0 Å². The van der Waals surface area contributed by atoms with Gasteiger partial charge in [0, 0.05) is 25.7 Å². The van der Waals surface area contributed by atoms with Gasteiger partial charge in [-0.25, -0.2) is 0 Å². The molecule has 3 heteroatoms. The standard InChI is InChI=1S/C9H14N2S/c10-9-1-3-11(6-9)5-8-2-4-12-7-8/h2,4,7,9H,1,3,5-6,10H2/t9-/m1/s1. The van der Waals surface area contributed by atoms with Crippen LogP contribution in [0.15, 0.2) is 16.8 Å². The van der Waals surface area contributed by atoms with Crippen LogP contribution in [0.1, 0.15) is 12.0 Å². The first-order valence-corrected chi connectivity index (χ1v) is 5.28. The Morgan fingerprint density at radius 3 is 3.17 bits per heavy atom. The quantitative estimate of drug-likeness (QED) is 0.746. The molecule has 0 unspecified atom stereocenters. The fourth-order valence-corrected chi connectivity index (χ4v) is 2.31. The molecule has 0 saturated carbocycles. The molecule has 0 aromatic carbocycles. The van der Waals surface area contributed by atoms with Gasteiger partial charge < -0.3 is 5.73 Å². The highest BCUT2D eigenvalue weighted by atomic mass is 32.1. The summed E-state index contributed by atoms with van der Waals surface area (Å²) in [7, 11) is 0. The zero-order valence-electron chi connectivity index (χ0n) is 7.07. The molecule has 0 amide bonds. The van der Waals surface area contributed by atoms with E-state index >= 15 is 0 Å². The third-order valence-electron chi connectivity index (χ3n) is 2.30. The summed E-state index contributed by atoms with van der Waals surface area (Å²) in [5, 5.41) is 4.34. The summed E-state index contributed by atoms with van der Waals surface area (Å²) in [6, 6.07) is 2.60. The molecule has 0 aliphatic carbocycles. The van der Waals surface area contributed by atoms with Crippen LogP contribution in [0, 0.1) is 0 Å². The molecule has 1 aliphatic rings. The second-order valence-electron chi connectivity index (χ2n) is 3.42. The van der Waals surface area contributed by atoms with Crippen molar-refractivity contribution in [3.63, 3.8) is 0 Å². The van der Waals surface area contributed by atoms with Gasteiger partial charge in [0.15, 0.2) is 0 Å². The van der Waals surface area contributed by atoms with Crippen LogP contribution in [0.5, 0.6) is 0 Å². The van der Waals surface area contributed by atoms with Gasteiger partial charge in [0.25, 0.3) is 0 Å². The van der Waals surface area contributed by atoms with E-state index in [4.69, 9.17) is 5.73 Å². The van der Waals surface area contributed by atoms with Gasteiger partial charge in [0.2, 0.25) is 0 Å². The van der Waals surface area contributed by atoms with E-state index in [1.54, 1.807) is 11.3 Å². The summed E-state index contributed by atoms with van der Waals surface area (Å²) < 4.78 is 0. The Morgan fingerprint density at radius 2 is 2.58 bits per heavy atom. The van der Waals surface area contributed by atoms with Crippen molar-refractivity contribution in [3.8, 4) is 0 Å². The van der Waals surface area contributed by atoms with Gasteiger partial charge in [0.05, 0.1) is 0 Å². The Bertz CT molecular complexity index is 233. The summed E-state index contributed by atoms with van der Waals surface area (Å²) in [4.78, 5) is 2.42. The molecule has 0 bridgehead atoms. The molecule has 1 aromatic heterocycles. The Labute approximate surface area is 77.0 Å². The molecule has 0 radical (unpaired) electrons. The van der Waals surface area contributed by atoms with Gasteiger partial charge in [-0.1, -0.05) is 0 Å². The highest BCUT2D eigenvalue weighted by Gasteiger charge is 2.18. The van der Waals surface area contributed by atoms with Gasteiger partial charge in [-0.15, -0.1) is 0 Å². The monoisotopic (exact) mass is 182 g/mol. The van der Waals surface area contributed by atoms with E-state index < -0.39 is 0 Å². The van der Waals surface area contributed by atoms with Gasteiger partial charge in [-0.05, 0) is 28.8 Å². The number of thiophene rings is 1. The molecule has 2 rings (SSSR count). The average molecular weight is 182 g/mol. The predicted molar refractivity (Wildman–Crippen MR) is 52.2 cm³/mol. The molecule has 1 fully saturated rings. The molecule has 66 valence electrons. The van der Waals surface area contributed by atoms with Crippen LogP contribution >= 0.6 is 11.3 Å². The first-order valence-electron chi connectivity index (χ1n) is 4.33. The predicted octanol–water partition coefficient (Wildman–Crippen LogP) is 1.28. The molecule has 1 saturated heterocycles. The smallest absolute Gasteiger partial charge is 0.0242 e. The molecule has 2 N–H and O–H groups in total. The lowest BCUT2D eigenvalue weighted by Gasteiger charge is -2.13. The van der Waals surface area contributed by atoms with Crippen molar-refractivity contribution in [2.24, 2.45) is 5.73 Å². The van der Waals surface area contributed by atoms with Crippen molar-refractivity contribution in [3.05, 3.63) is 22.4 Å². The Kier molecular flexibility index (Phi) is 2.44. The summed E-state index contributed by atoms with van der Waals surface area (Å²) in [5.41, 5.74) is 7.24. The molecule has 2 nitrogen and oxygen atoms in total. The molecule has 1 aliphatic heterocycles. The van der Waals surface area contributed by atoms with Crippen LogP contribution in [0.25, 0.3) is 0 Å². The highest BCUT2D eigenvalue weighted by molar-refractivity contribution is 7.07. The highest BCUT2D eigenvalue weighted by Crippen LogP contribution is 2.13. The van der Waals surface area contributed by atoms with Crippen molar-refractivity contribution in [1.29, 1.82) is 0 Å². The maximum Gasteiger partial charge on any atom is 0.0242 e. The summed E-state index contributed by atoms with van der Waals surface area (Å²) in [6.07, 6.45) is 1.16. The zero-order valence-corrected chi connectivity index (χ0v) is 7.89. The Morgan fingerprint density at radius 1 is 1.67 bits per heavy atom. The van der Waals surface area contributed by atoms with Crippen molar-refractivity contribution < 1.29 is 0 Å². The normalized spacial score (nSPS) is 24.9. The second-order valence-corrected chi connectivity index (χ2v) is 4.20. The lowest BCUT2D eigenvalue weighted by molar-refractivity contribution is 0.327. The van der Waals surface area contributed by atoms with Gasteiger partial charge in [-0.2, -0.15) is 11.3 Å².